The number of aromatic nitrogens is 2. The highest BCUT2D eigenvalue weighted by Gasteiger charge is 2.13. The van der Waals surface area contributed by atoms with Crippen LogP contribution in [0.5, 0.6) is 5.75 Å². The molecule has 1 amide bonds. The number of aryl methyl sites for hydroxylation is 2. The van der Waals surface area contributed by atoms with E-state index < -0.39 is 0 Å². The number of ether oxygens (including phenoxy) is 1. The lowest BCUT2D eigenvalue weighted by atomic mass is 10.1. The molecule has 7 heteroatoms. The summed E-state index contributed by atoms with van der Waals surface area (Å²) in [7, 11) is 0. The van der Waals surface area contributed by atoms with Crippen LogP contribution in [0.3, 0.4) is 0 Å². The van der Waals surface area contributed by atoms with Crippen LogP contribution in [0.25, 0.3) is 0 Å². The minimum atomic E-state index is -0.352. The highest BCUT2D eigenvalue weighted by atomic mass is 35.5. The molecule has 0 fully saturated rings. The van der Waals surface area contributed by atoms with E-state index in [0.29, 0.717) is 23.0 Å². The van der Waals surface area contributed by atoms with E-state index in [4.69, 9.17) is 20.8 Å². The van der Waals surface area contributed by atoms with Gasteiger partial charge >= 0.3 is 0 Å². The van der Waals surface area contributed by atoms with Crippen molar-refractivity contribution in [2.75, 3.05) is 5.32 Å². The van der Waals surface area contributed by atoms with Gasteiger partial charge in [0.1, 0.15) is 18.1 Å². The molecule has 0 atom stereocenters. The third kappa shape index (κ3) is 5.16. The zero-order valence-corrected chi connectivity index (χ0v) is 18.0. The summed E-state index contributed by atoms with van der Waals surface area (Å²) in [5.41, 5.74) is 3.69. The molecular formula is C24H22ClN3O3. The summed E-state index contributed by atoms with van der Waals surface area (Å²) in [5.74, 6) is 1.22. The van der Waals surface area contributed by atoms with Gasteiger partial charge in [-0.25, -0.2) is 0 Å². The van der Waals surface area contributed by atoms with Crippen molar-refractivity contribution in [3.63, 3.8) is 0 Å². The average molecular weight is 436 g/mol. The fourth-order valence-electron chi connectivity index (χ4n) is 3.10. The number of carbonyl (C=O) groups excluding carboxylic acids is 1. The number of hydrogen-bond donors (Lipinski definition) is 1. The number of furan rings is 1. The number of rotatable bonds is 7. The third-order valence-electron chi connectivity index (χ3n) is 4.78. The Morgan fingerprint density at radius 3 is 2.84 bits per heavy atom. The molecule has 0 unspecified atom stereocenters. The normalized spacial score (nSPS) is 10.8. The van der Waals surface area contributed by atoms with E-state index >= 15 is 0 Å². The molecule has 4 aromatic rings. The molecule has 1 N–H and O–H groups in total. The van der Waals surface area contributed by atoms with E-state index in [2.05, 4.69) is 10.4 Å². The maximum absolute atomic E-state index is 12.5. The number of amides is 1. The van der Waals surface area contributed by atoms with Crippen molar-refractivity contribution in [3.8, 4) is 5.75 Å². The van der Waals surface area contributed by atoms with Gasteiger partial charge in [-0.2, -0.15) is 5.10 Å². The van der Waals surface area contributed by atoms with E-state index in [9.17, 15) is 4.79 Å². The number of carbonyl (C=O) groups is 1. The molecule has 0 spiro atoms. The van der Waals surface area contributed by atoms with Gasteiger partial charge in [-0.3, -0.25) is 9.48 Å². The second kappa shape index (κ2) is 9.10. The quantitative estimate of drug-likeness (QED) is 0.408. The zero-order chi connectivity index (χ0) is 21.8. The van der Waals surface area contributed by atoms with Crippen LogP contribution in [-0.4, -0.2) is 15.7 Å². The van der Waals surface area contributed by atoms with Crippen molar-refractivity contribution in [1.82, 2.24) is 9.78 Å². The van der Waals surface area contributed by atoms with E-state index in [1.54, 1.807) is 29.2 Å². The van der Waals surface area contributed by atoms with Crippen molar-refractivity contribution in [3.05, 3.63) is 100 Å². The maximum atomic E-state index is 12.5. The summed E-state index contributed by atoms with van der Waals surface area (Å²) < 4.78 is 13.2. The first kappa shape index (κ1) is 20.8. The Bertz CT molecular complexity index is 1210. The first-order valence-electron chi connectivity index (χ1n) is 9.84. The van der Waals surface area contributed by atoms with Crippen LogP contribution in [0.15, 0.2) is 71.4 Å². The summed E-state index contributed by atoms with van der Waals surface area (Å²) in [5, 5.41) is 7.74. The van der Waals surface area contributed by atoms with E-state index in [0.717, 1.165) is 22.4 Å². The summed E-state index contributed by atoms with van der Waals surface area (Å²) in [4.78, 5) is 12.5. The largest absolute Gasteiger partial charge is 0.485 e. The van der Waals surface area contributed by atoms with Gasteiger partial charge in [0.2, 0.25) is 0 Å². The fraction of sp³-hybridized carbons (Fsp3) is 0.167. The molecule has 0 aliphatic rings. The van der Waals surface area contributed by atoms with Crippen molar-refractivity contribution in [2.45, 2.75) is 27.0 Å². The average Bonchev–Trinajstić information content (AvgIpc) is 3.40. The highest BCUT2D eigenvalue weighted by molar-refractivity contribution is 6.31. The van der Waals surface area contributed by atoms with Crippen LogP contribution in [0.2, 0.25) is 5.02 Å². The van der Waals surface area contributed by atoms with Gasteiger partial charge in [-0.1, -0.05) is 41.9 Å². The van der Waals surface area contributed by atoms with Gasteiger partial charge < -0.3 is 14.5 Å². The fourth-order valence-corrected chi connectivity index (χ4v) is 3.29. The van der Waals surface area contributed by atoms with Crippen molar-refractivity contribution in [1.29, 1.82) is 0 Å². The monoisotopic (exact) mass is 435 g/mol. The second-order valence-corrected chi connectivity index (χ2v) is 7.70. The minimum absolute atomic E-state index is 0.207. The summed E-state index contributed by atoms with van der Waals surface area (Å²) >= 11 is 6.20. The minimum Gasteiger partial charge on any atom is -0.485 e. The van der Waals surface area contributed by atoms with Crippen LogP contribution < -0.4 is 10.1 Å². The Morgan fingerprint density at radius 2 is 2.00 bits per heavy atom. The van der Waals surface area contributed by atoms with Crippen molar-refractivity contribution < 1.29 is 13.9 Å². The zero-order valence-electron chi connectivity index (χ0n) is 17.3. The Balaban J connectivity index is 1.35. The molecule has 158 valence electrons. The van der Waals surface area contributed by atoms with Crippen LogP contribution in [0.1, 0.15) is 33.0 Å². The van der Waals surface area contributed by atoms with E-state index in [-0.39, 0.29) is 18.3 Å². The van der Waals surface area contributed by atoms with Crippen LogP contribution in [0, 0.1) is 13.8 Å². The van der Waals surface area contributed by atoms with Gasteiger partial charge in [0.25, 0.3) is 5.91 Å². The number of nitrogens with one attached hydrogen (secondary N) is 1. The molecule has 6 nitrogen and oxygen atoms in total. The van der Waals surface area contributed by atoms with Crippen molar-refractivity contribution in [2.24, 2.45) is 0 Å². The Labute approximate surface area is 185 Å². The molecule has 31 heavy (non-hydrogen) atoms. The van der Waals surface area contributed by atoms with Gasteiger partial charge in [-0.15, -0.1) is 0 Å². The maximum Gasteiger partial charge on any atom is 0.291 e. The van der Waals surface area contributed by atoms with Gasteiger partial charge in [-0.05, 0) is 54.8 Å². The molecular weight excluding hydrogens is 414 g/mol. The predicted molar refractivity (Wildman–Crippen MR) is 120 cm³/mol. The van der Waals surface area contributed by atoms with Gasteiger partial charge in [0, 0.05) is 11.2 Å². The highest BCUT2D eigenvalue weighted by Crippen LogP contribution is 2.21. The van der Waals surface area contributed by atoms with Crippen LogP contribution >= 0.6 is 11.6 Å². The van der Waals surface area contributed by atoms with Crippen LogP contribution in [-0.2, 0) is 13.2 Å². The van der Waals surface area contributed by atoms with Gasteiger partial charge in [0.05, 0.1) is 18.4 Å². The smallest absolute Gasteiger partial charge is 0.291 e. The molecule has 0 bridgehead atoms. The standard InChI is InChI=1S/C24H22ClN3O3/c1-16-7-8-17(2)23(11-16)30-15-20-9-10-22(31-20)24(29)27-19-12-26-28(14-19)13-18-5-3-4-6-21(18)25/h3-12,14H,13,15H2,1-2H3,(H,27,29). The molecule has 2 heterocycles. The molecule has 2 aromatic carbocycles. The first-order chi connectivity index (χ1) is 15.0. The summed E-state index contributed by atoms with van der Waals surface area (Å²) in [6.07, 6.45) is 3.33. The topological polar surface area (TPSA) is 69.3 Å². The SMILES string of the molecule is Cc1ccc(C)c(OCc2ccc(C(=O)Nc3cnn(Cc4ccccc4Cl)c3)o2)c1. The number of hydrogen-bond acceptors (Lipinski definition) is 4. The summed E-state index contributed by atoms with van der Waals surface area (Å²) in [6, 6.07) is 17.0. The molecule has 2 aromatic heterocycles. The Hall–Kier alpha value is -3.51. The van der Waals surface area contributed by atoms with E-state index in [1.807, 2.05) is 56.3 Å². The molecule has 0 aliphatic heterocycles. The third-order valence-corrected chi connectivity index (χ3v) is 5.15. The number of halogens is 1. The Morgan fingerprint density at radius 1 is 1.16 bits per heavy atom. The number of benzene rings is 2. The molecule has 0 aliphatic carbocycles. The second-order valence-electron chi connectivity index (χ2n) is 7.30. The van der Waals surface area contributed by atoms with E-state index in [1.165, 1.54) is 0 Å². The van der Waals surface area contributed by atoms with Gasteiger partial charge in [0.15, 0.2) is 5.76 Å². The molecule has 0 saturated heterocycles. The molecule has 4 rings (SSSR count). The summed E-state index contributed by atoms with van der Waals surface area (Å²) in [6.45, 7) is 4.75. The Kier molecular flexibility index (Phi) is 6.09. The van der Waals surface area contributed by atoms with Crippen molar-refractivity contribution >= 4 is 23.2 Å². The number of anilines is 1. The lowest BCUT2D eigenvalue weighted by Gasteiger charge is -2.08. The van der Waals surface area contributed by atoms with Crippen LogP contribution in [0.4, 0.5) is 5.69 Å². The molecule has 0 saturated carbocycles. The molecule has 0 radical (unpaired) electrons. The number of nitrogens with zero attached hydrogens (tertiary/aromatic N) is 2. The lowest BCUT2D eigenvalue weighted by Crippen LogP contribution is -2.10. The lowest BCUT2D eigenvalue weighted by molar-refractivity contribution is 0.0992. The first-order valence-corrected chi connectivity index (χ1v) is 10.2. The predicted octanol–water partition coefficient (Wildman–Crippen LogP) is 5.63.